The van der Waals surface area contributed by atoms with Gasteiger partial charge in [0.1, 0.15) is 22.3 Å². The molecule has 110 valence electrons. The van der Waals surface area contributed by atoms with Gasteiger partial charge in [-0.25, -0.2) is 4.98 Å². The summed E-state index contributed by atoms with van der Waals surface area (Å²) in [5.74, 6) is -1.11. The quantitative estimate of drug-likeness (QED) is 0.408. The van der Waals surface area contributed by atoms with E-state index in [9.17, 15) is 19.5 Å². The highest BCUT2D eigenvalue weighted by molar-refractivity contribution is 6.05. The van der Waals surface area contributed by atoms with Crippen LogP contribution in [0.1, 0.15) is 10.4 Å². The predicted molar refractivity (Wildman–Crippen MR) is 80.2 cm³/mol. The van der Waals surface area contributed by atoms with E-state index < -0.39 is 16.8 Å². The molecule has 0 saturated heterocycles. The molecule has 8 nitrogen and oxygen atoms in total. The number of phenolic OH excluding ortho intramolecular Hbond substituents is 1. The largest absolute Gasteiger partial charge is 0.507 e. The smallest absolute Gasteiger partial charge is 0.250 e. The number of nitrogens with one attached hydrogen (secondary N) is 1. The van der Waals surface area contributed by atoms with Crippen molar-refractivity contribution in [1.29, 1.82) is 0 Å². The van der Waals surface area contributed by atoms with E-state index >= 15 is 0 Å². The SMILES string of the molecule is N/C=c1/c(O)cc(=O)c2[nH]c3c(C(N)=O)ccc(=O)c3nc12. The number of aromatic hydroxyl groups is 1. The second kappa shape index (κ2) is 4.55. The lowest BCUT2D eigenvalue weighted by molar-refractivity contribution is 0.100. The summed E-state index contributed by atoms with van der Waals surface area (Å²) in [4.78, 5) is 42.2. The van der Waals surface area contributed by atoms with E-state index in [2.05, 4.69) is 9.97 Å². The number of aromatic nitrogens is 2. The highest BCUT2D eigenvalue weighted by atomic mass is 16.3. The minimum Gasteiger partial charge on any atom is -0.507 e. The number of aromatic amines is 1. The van der Waals surface area contributed by atoms with Gasteiger partial charge in [-0.05, 0) is 12.1 Å². The first kappa shape index (κ1) is 13.6. The van der Waals surface area contributed by atoms with Crippen molar-refractivity contribution >= 4 is 34.2 Å². The van der Waals surface area contributed by atoms with Crippen molar-refractivity contribution in [3.05, 3.63) is 49.4 Å². The Morgan fingerprint density at radius 3 is 2.55 bits per heavy atom. The van der Waals surface area contributed by atoms with E-state index in [1.54, 1.807) is 0 Å². The second-order valence-corrected chi connectivity index (χ2v) is 4.63. The Kier molecular flexibility index (Phi) is 2.81. The van der Waals surface area contributed by atoms with Crippen LogP contribution in [0.5, 0.6) is 5.75 Å². The van der Waals surface area contributed by atoms with Crippen LogP contribution in [0.15, 0.2) is 27.8 Å². The molecule has 0 saturated carbocycles. The molecule has 0 aliphatic carbocycles. The minimum atomic E-state index is -0.765. The molecule has 1 aromatic heterocycles. The van der Waals surface area contributed by atoms with Gasteiger partial charge in [-0.2, -0.15) is 0 Å². The van der Waals surface area contributed by atoms with E-state index in [0.29, 0.717) is 0 Å². The molecule has 0 bridgehead atoms. The van der Waals surface area contributed by atoms with E-state index in [4.69, 9.17) is 11.5 Å². The maximum atomic E-state index is 12.0. The van der Waals surface area contributed by atoms with Crippen LogP contribution >= 0.6 is 0 Å². The molecule has 0 radical (unpaired) electrons. The van der Waals surface area contributed by atoms with Gasteiger partial charge in [0.2, 0.25) is 10.9 Å². The lowest BCUT2D eigenvalue weighted by Crippen LogP contribution is -2.20. The maximum absolute atomic E-state index is 12.0. The summed E-state index contributed by atoms with van der Waals surface area (Å²) in [5.41, 5.74) is 9.76. The Hall–Kier alpha value is -3.42. The zero-order chi connectivity index (χ0) is 16.0. The highest BCUT2D eigenvalue weighted by Crippen LogP contribution is 2.14. The molecule has 3 rings (SSSR count). The summed E-state index contributed by atoms with van der Waals surface area (Å²) in [6.45, 7) is 0. The number of hydrogen-bond acceptors (Lipinski definition) is 6. The van der Waals surface area contributed by atoms with Crippen molar-refractivity contribution < 1.29 is 9.90 Å². The molecule has 6 N–H and O–H groups in total. The van der Waals surface area contributed by atoms with Crippen molar-refractivity contribution in [3.63, 3.8) is 0 Å². The fourth-order valence-corrected chi connectivity index (χ4v) is 2.30. The van der Waals surface area contributed by atoms with Crippen LogP contribution in [0.4, 0.5) is 0 Å². The predicted octanol–water partition coefficient (Wildman–Crippen LogP) is -1.34. The molecule has 1 heterocycles. The fourth-order valence-electron chi connectivity index (χ4n) is 2.30. The molecule has 0 aliphatic heterocycles. The Labute approximate surface area is 121 Å². The summed E-state index contributed by atoms with van der Waals surface area (Å²) < 4.78 is 0. The van der Waals surface area contributed by atoms with E-state index in [1.165, 1.54) is 6.07 Å². The van der Waals surface area contributed by atoms with Crippen LogP contribution in [-0.4, -0.2) is 21.0 Å². The van der Waals surface area contributed by atoms with E-state index in [0.717, 1.165) is 18.3 Å². The van der Waals surface area contributed by atoms with Crippen molar-refractivity contribution in [3.8, 4) is 5.75 Å². The van der Waals surface area contributed by atoms with Crippen molar-refractivity contribution in [1.82, 2.24) is 9.97 Å². The number of H-pyrrole nitrogens is 1. The van der Waals surface area contributed by atoms with Crippen molar-refractivity contribution in [2.75, 3.05) is 0 Å². The number of benzene rings is 2. The van der Waals surface area contributed by atoms with Gasteiger partial charge < -0.3 is 21.6 Å². The molecule has 0 atom stereocenters. The van der Waals surface area contributed by atoms with Crippen LogP contribution in [-0.2, 0) is 0 Å². The molecule has 3 aromatic rings. The van der Waals surface area contributed by atoms with Crippen molar-refractivity contribution in [2.45, 2.75) is 0 Å². The third-order valence-corrected chi connectivity index (χ3v) is 3.33. The second-order valence-electron chi connectivity index (χ2n) is 4.63. The third-order valence-electron chi connectivity index (χ3n) is 3.33. The molecule has 2 aromatic carbocycles. The molecular weight excluding hydrogens is 288 g/mol. The Bertz CT molecular complexity index is 1120. The summed E-state index contributed by atoms with van der Waals surface area (Å²) in [5, 5.41) is 9.86. The number of amides is 1. The minimum absolute atomic E-state index is 0.00935. The molecule has 22 heavy (non-hydrogen) atoms. The van der Waals surface area contributed by atoms with Gasteiger partial charge in [-0.3, -0.25) is 14.4 Å². The van der Waals surface area contributed by atoms with Crippen LogP contribution in [0.3, 0.4) is 0 Å². The Morgan fingerprint density at radius 1 is 1.18 bits per heavy atom. The van der Waals surface area contributed by atoms with Gasteiger partial charge >= 0.3 is 0 Å². The van der Waals surface area contributed by atoms with Crippen molar-refractivity contribution in [2.24, 2.45) is 11.5 Å². The normalized spacial score (nSPS) is 12.1. The summed E-state index contributed by atoms with van der Waals surface area (Å²) in [6, 6.07) is 3.38. The first-order chi connectivity index (χ1) is 10.4. The topological polar surface area (TPSA) is 152 Å². The van der Waals surface area contributed by atoms with E-state index in [-0.39, 0.29) is 38.6 Å². The van der Waals surface area contributed by atoms with Crippen LogP contribution < -0.4 is 27.5 Å². The number of carbonyl (C=O) groups is 1. The number of primary amides is 1. The van der Waals surface area contributed by atoms with Crippen LogP contribution in [0, 0.1) is 0 Å². The lowest BCUT2D eigenvalue weighted by Gasteiger charge is -2.06. The number of hydrogen-bond donors (Lipinski definition) is 4. The number of nitrogens with zero attached hydrogens (tertiary/aromatic N) is 1. The Morgan fingerprint density at radius 2 is 1.91 bits per heavy atom. The Balaban J connectivity index is 2.69. The van der Waals surface area contributed by atoms with Gasteiger partial charge in [0.15, 0.2) is 0 Å². The first-order valence-electron chi connectivity index (χ1n) is 6.18. The average Bonchev–Trinajstić information content (AvgIpc) is 2.46. The van der Waals surface area contributed by atoms with Gasteiger partial charge in [0, 0.05) is 12.3 Å². The number of carbonyl (C=O) groups excluding carboxylic acids is 1. The zero-order valence-corrected chi connectivity index (χ0v) is 11.1. The first-order valence-corrected chi connectivity index (χ1v) is 6.18. The molecule has 1 amide bonds. The molecule has 0 fully saturated rings. The van der Waals surface area contributed by atoms with Crippen LogP contribution in [0.2, 0.25) is 0 Å². The fraction of sp³-hybridized carbons (Fsp3) is 0. The third kappa shape index (κ3) is 1.78. The maximum Gasteiger partial charge on any atom is 0.250 e. The molecule has 0 spiro atoms. The van der Waals surface area contributed by atoms with Gasteiger partial charge in [-0.1, -0.05) is 0 Å². The number of fused-ring (bicyclic) bond motifs is 2. The van der Waals surface area contributed by atoms with E-state index in [1.807, 2.05) is 0 Å². The molecule has 0 aliphatic rings. The highest BCUT2D eigenvalue weighted by Gasteiger charge is 2.14. The number of nitrogens with two attached hydrogens (primary N) is 2. The number of rotatable bonds is 1. The lowest BCUT2D eigenvalue weighted by atomic mass is 10.1. The average molecular weight is 298 g/mol. The molecule has 0 unspecified atom stereocenters. The summed E-state index contributed by atoms with van der Waals surface area (Å²) in [7, 11) is 0. The van der Waals surface area contributed by atoms with Gasteiger partial charge in [0.05, 0.1) is 16.3 Å². The molecular formula is C14H10N4O4. The molecule has 8 heteroatoms. The monoisotopic (exact) mass is 298 g/mol. The summed E-state index contributed by atoms with van der Waals surface area (Å²) >= 11 is 0. The van der Waals surface area contributed by atoms with Gasteiger partial charge in [-0.15, -0.1) is 0 Å². The standard InChI is InChI=1S/C14H10N4O4/c15-4-6-8(20)3-9(21)13-11(6)18-12-7(19)2-1-5(14(16)22)10(12)17-13/h1-4,17,20H,15H2,(H2,16,22)/b6-4-. The van der Waals surface area contributed by atoms with Crippen LogP contribution in [0.25, 0.3) is 28.3 Å². The van der Waals surface area contributed by atoms with Gasteiger partial charge in [0.25, 0.3) is 5.91 Å². The summed E-state index contributed by atoms with van der Waals surface area (Å²) in [6.07, 6.45) is 1.08. The zero-order valence-electron chi connectivity index (χ0n) is 11.1. The number of phenols is 1.